The number of carbonyl (C=O) groups is 1. The number of para-hydroxylation sites is 1. The first-order chi connectivity index (χ1) is 17.8. The predicted octanol–water partition coefficient (Wildman–Crippen LogP) is 4.51. The molecule has 1 aliphatic heterocycles. The number of piperidine rings is 1. The van der Waals surface area contributed by atoms with Crippen molar-refractivity contribution in [2.45, 2.75) is 62.0 Å². The highest BCUT2D eigenvalue weighted by Crippen LogP contribution is 2.39. The first-order valence-corrected chi connectivity index (χ1v) is 14.1. The third kappa shape index (κ3) is 5.55. The first kappa shape index (κ1) is 25.8. The van der Waals surface area contributed by atoms with Gasteiger partial charge in [0.15, 0.2) is 0 Å². The van der Waals surface area contributed by atoms with Gasteiger partial charge in [-0.3, -0.25) is 14.8 Å². The molecular weight excluding hydrogens is 488 g/mol. The Kier molecular flexibility index (Phi) is 7.57. The predicted molar refractivity (Wildman–Crippen MR) is 147 cm³/mol. The van der Waals surface area contributed by atoms with E-state index in [-0.39, 0.29) is 23.0 Å². The summed E-state index contributed by atoms with van der Waals surface area (Å²) >= 11 is 0. The summed E-state index contributed by atoms with van der Waals surface area (Å²) in [4.78, 5) is 24.7. The Labute approximate surface area is 219 Å². The van der Waals surface area contributed by atoms with Crippen LogP contribution in [0.4, 0.5) is 5.69 Å². The second-order valence-corrected chi connectivity index (χ2v) is 11.9. The highest BCUT2D eigenvalue weighted by Gasteiger charge is 2.41. The lowest BCUT2D eigenvalue weighted by molar-refractivity contribution is -0.0813. The number of likely N-dealkylation sites (tertiary alicyclic amines) is 1. The Balaban J connectivity index is 1.25. The fourth-order valence-electron chi connectivity index (χ4n) is 5.52. The van der Waals surface area contributed by atoms with Gasteiger partial charge in [0.2, 0.25) is 0 Å². The molecule has 1 saturated heterocycles. The SMILES string of the molecule is C/C(O)=S(\Nc1ccc(C(=O)N2CCC(O)(C3CCC(O)CC3)CC2)cc1)c1cccc2nccnc12. The van der Waals surface area contributed by atoms with Crippen LogP contribution in [-0.2, 0) is 0 Å². The number of nitrogens with zero attached hydrogens (tertiary/aromatic N) is 3. The number of rotatable bonds is 5. The van der Waals surface area contributed by atoms with E-state index >= 15 is 0 Å². The summed E-state index contributed by atoms with van der Waals surface area (Å²) < 4.78 is 3.38. The zero-order valence-corrected chi connectivity index (χ0v) is 21.8. The smallest absolute Gasteiger partial charge is 0.253 e. The molecule has 1 unspecified atom stereocenters. The molecule has 2 aliphatic rings. The number of fused-ring (bicyclic) bond motifs is 1. The van der Waals surface area contributed by atoms with Gasteiger partial charge in [0.1, 0.15) is 5.52 Å². The average Bonchev–Trinajstić information content (AvgIpc) is 2.92. The maximum absolute atomic E-state index is 13.2. The second kappa shape index (κ2) is 10.9. The van der Waals surface area contributed by atoms with Crippen molar-refractivity contribution in [3.63, 3.8) is 0 Å². The Morgan fingerprint density at radius 2 is 1.70 bits per heavy atom. The van der Waals surface area contributed by atoms with E-state index in [9.17, 15) is 20.1 Å². The minimum atomic E-state index is -0.820. The Morgan fingerprint density at radius 1 is 1.03 bits per heavy atom. The van der Waals surface area contributed by atoms with E-state index in [0.717, 1.165) is 47.3 Å². The number of aliphatic hydroxyl groups excluding tert-OH is 2. The molecule has 4 N–H and O–H groups in total. The summed E-state index contributed by atoms with van der Waals surface area (Å²) in [5, 5.41) is 31.7. The summed E-state index contributed by atoms with van der Waals surface area (Å²) in [5.74, 6) is 0.160. The standard InChI is InChI=1S/C28H34N4O4S/c1-19(33)37(25-4-2-3-24-26(25)30-16-15-29-24)31-22-9-5-20(6-10-22)27(35)32-17-13-28(36,14-18-32)21-7-11-23(34)12-8-21/h2-6,9-10,15-16,21,23,31,33-34,36H,7-8,11-14,17-18H2,1H3. The molecule has 1 amide bonds. The van der Waals surface area contributed by atoms with Gasteiger partial charge in [-0.15, -0.1) is 0 Å². The minimum Gasteiger partial charge on any atom is -0.393 e. The first-order valence-electron chi connectivity index (χ1n) is 12.9. The molecule has 2 heterocycles. The van der Waals surface area contributed by atoms with E-state index in [1.165, 1.54) is 0 Å². The number of hydrogen-bond donors (Lipinski definition) is 4. The quantitative estimate of drug-likeness (QED) is 0.364. The highest BCUT2D eigenvalue weighted by molar-refractivity contribution is 8.17. The Morgan fingerprint density at radius 3 is 2.38 bits per heavy atom. The van der Waals surface area contributed by atoms with Crippen molar-refractivity contribution in [1.29, 1.82) is 0 Å². The molecule has 196 valence electrons. The molecule has 0 radical (unpaired) electrons. The van der Waals surface area contributed by atoms with Crippen LogP contribution in [0.15, 0.2) is 59.8 Å². The van der Waals surface area contributed by atoms with E-state index in [1.807, 2.05) is 35.2 Å². The van der Waals surface area contributed by atoms with Crippen LogP contribution in [0.1, 0.15) is 55.8 Å². The lowest BCUT2D eigenvalue weighted by Crippen LogP contribution is -2.51. The van der Waals surface area contributed by atoms with Crippen molar-refractivity contribution in [3.8, 4) is 0 Å². The molecular formula is C28H34N4O4S. The summed E-state index contributed by atoms with van der Waals surface area (Å²) in [6.07, 6.45) is 7.37. The van der Waals surface area contributed by atoms with Gasteiger partial charge in [-0.2, -0.15) is 0 Å². The summed E-state index contributed by atoms with van der Waals surface area (Å²) in [6, 6.07) is 13.0. The van der Waals surface area contributed by atoms with Gasteiger partial charge >= 0.3 is 0 Å². The molecule has 1 aliphatic carbocycles. The minimum absolute atomic E-state index is 0.0408. The number of benzene rings is 2. The van der Waals surface area contributed by atoms with E-state index in [2.05, 4.69) is 14.7 Å². The number of hydrogen-bond acceptors (Lipinski definition) is 6. The lowest BCUT2D eigenvalue weighted by Gasteiger charge is -2.45. The Bertz CT molecular complexity index is 1290. The molecule has 2 fully saturated rings. The normalized spacial score (nSPS) is 22.9. The van der Waals surface area contributed by atoms with Crippen molar-refractivity contribution >= 4 is 38.3 Å². The van der Waals surface area contributed by atoms with Crippen LogP contribution < -0.4 is 4.72 Å². The Hall–Kier alpha value is -2.85. The number of amides is 1. The molecule has 2 aromatic carbocycles. The van der Waals surface area contributed by atoms with Crippen LogP contribution in [0, 0.1) is 5.92 Å². The third-order valence-electron chi connectivity index (χ3n) is 7.70. The van der Waals surface area contributed by atoms with E-state index in [1.54, 1.807) is 31.5 Å². The van der Waals surface area contributed by atoms with Gasteiger partial charge in [-0.05, 0) is 98.4 Å². The zero-order valence-electron chi connectivity index (χ0n) is 21.0. The molecule has 1 aromatic heterocycles. The monoisotopic (exact) mass is 522 g/mol. The molecule has 0 bridgehead atoms. The summed E-state index contributed by atoms with van der Waals surface area (Å²) in [6.45, 7) is 2.72. The number of carbonyl (C=O) groups excluding carboxylic acids is 1. The van der Waals surface area contributed by atoms with Gasteiger partial charge < -0.3 is 24.9 Å². The maximum atomic E-state index is 13.2. The van der Waals surface area contributed by atoms with Gasteiger partial charge in [-0.1, -0.05) is 6.07 Å². The fraction of sp³-hybridized carbons (Fsp3) is 0.429. The molecule has 0 spiro atoms. The van der Waals surface area contributed by atoms with Gasteiger partial charge in [0, 0.05) is 36.7 Å². The van der Waals surface area contributed by atoms with Gasteiger partial charge in [0.05, 0.1) is 27.2 Å². The molecule has 9 heteroatoms. The number of nitrogens with one attached hydrogen (secondary N) is 1. The van der Waals surface area contributed by atoms with Crippen LogP contribution in [0.25, 0.3) is 11.0 Å². The van der Waals surface area contributed by atoms with Crippen LogP contribution in [-0.4, -0.2) is 65.9 Å². The van der Waals surface area contributed by atoms with E-state index in [0.29, 0.717) is 31.5 Å². The highest BCUT2D eigenvalue weighted by atomic mass is 32.2. The van der Waals surface area contributed by atoms with Crippen molar-refractivity contribution in [3.05, 3.63) is 60.4 Å². The van der Waals surface area contributed by atoms with Crippen LogP contribution in [0.5, 0.6) is 0 Å². The van der Waals surface area contributed by atoms with Crippen molar-refractivity contribution in [2.24, 2.45) is 5.92 Å². The number of aromatic nitrogens is 2. The molecule has 8 nitrogen and oxygen atoms in total. The molecule has 1 atom stereocenters. The lowest BCUT2D eigenvalue weighted by atomic mass is 9.71. The summed E-state index contributed by atoms with van der Waals surface area (Å²) in [7, 11) is -0.820. The third-order valence-corrected chi connectivity index (χ3v) is 9.50. The fourth-order valence-corrected chi connectivity index (χ4v) is 7.03. The molecule has 3 aromatic rings. The van der Waals surface area contributed by atoms with Crippen molar-refractivity contribution in [1.82, 2.24) is 14.9 Å². The van der Waals surface area contributed by atoms with Crippen LogP contribution >= 0.6 is 10.7 Å². The second-order valence-electron chi connectivity index (χ2n) is 10.1. The number of anilines is 1. The van der Waals surface area contributed by atoms with E-state index < -0.39 is 16.3 Å². The van der Waals surface area contributed by atoms with Gasteiger partial charge in [0.25, 0.3) is 5.91 Å². The average molecular weight is 523 g/mol. The van der Waals surface area contributed by atoms with Crippen molar-refractivity contribution in [2.75, 3.05) is 17.8 Å². The largest absolute Gasteiger partial charge is 0.393 e. The van der Waals surface area contributed by atoms with Crippen LogP contribution in [0.3, 0.4) is 0 Å². The van der Waals surface area contributed by atoms with Gasteiger partial charge in [-0.25, -0.2) is 0 Å². The molecule has 5 rings (SSSR count). The zero-order chi connectivity index (χ0) is 26.0. The molecule has 37 heavy (non-hydrogen) atoms. The van der Waals surface area contributed by atoms with Crippen LogP contribution in [0.2, 0.25) is 0 Å². The van der Waals surface area contributed by atoms with E-state index in [4.69, 9.17) is 0 Å². The summed E-state index contributed by atoms with van der Waals surface area (Å²) in [5.41, 5.74) is 2.12. The topological polar surface area (TPSA) is 119 Å². The number of aliphatic hydroxyl groups is 3. The maximum Gasteiger partial charge on any atom is 0.253 e. The van der Waals surface area contributed by atoms with Crippen molar-refractivity contribution < 1.29 is 20.1 Å². The molecule has 1 saturated carbocycles.